The Kier molecular flexibility index (Phi) is 6.93. The van der Waals surface area contributed by atoms with Crippen LogP contribution in [0.1, 0.15) is 28.8 Å². The third kappa shape index (κ3) is 5.00. The van der Waals surface area contributed by atoms with Crippen molar-refractivity contribution in [2.75, 3.05) is 31.1 Å². The van der Waals surface area contributed by atoms with Crippen LogP contribution in [0.25, 0.3) is 11.1 Å². The number of hydrogen-bond donors (Lipinski definition) is 2. The molecule has 1 spiro atoms. The van der Waals surface area contributed by atoms with Crippen LogP contribution in [0.2, 0.25) is 0 Å². The van der Waals surface area contributed by atoms with Crippen LogP contribution in [0.15, 0.2) is 67.0 Å². The molecule has 172 valence electrons. The molecule has 2 aliphatic rings. The van der Waals surface area contributed by atoms with Crippen LogP contribution in [-0.2, 0) is 6.54 Å². The number of carbonyl (C=O) groups excluding carboxylic acids is 1. The van der Waals surface area contributed by atoms with Crippen LogP contribution < -0.4 is 10.4 Å². The molecular weight excluding hydrogens is 438 g/mol. The highest BCUT2D eigenvalue weighted by molar-refractivity contribution is 5.92. The predicted molar refractivity (Wildman–Crippen MR) is 130 cm³/mol. The number of hydrogen-bond acceptors (Lipinski definition) is 6. The summed E-state index contributed by atoms with van der Waals surface area (Å²) in [7, 11) is 0. The summed E-state index contributed by atoms with van der Waals surface area (Å²) in [5.41, 5.74) is 6.12. The molecule has 0 atom stereocenters. The maximum Gasteiger partial charge on any atom is 0.277 e. The molecule has 2 aromatic carbocycles. The van der Waals surface area contributed by atoms with E-state index in [0.29, 0.717) is 11.4 Å². The van der Waals surface area contributed by atoms with E-state index in [-0.39, 0.29) is 18.0 Å². The van der Waals surface area contributed by atoms with E-state index in [4.69, 9.17) is 5.21 Å². The number of amides is 1. The minimum absolute atomic E-state index is 0. The number of nitrogens with zero attached hydrogens (tertiary/aromatic N) is 4. The first-order valence-corrected chi connectivity index (χ1v) is 11.0. The first kappa shape index (κ1) is 23.2. The molecule has 5 rings (SSSR count). The molecule has 0 saturated carbocycles. The van der Waals surface area contributed by atoms with Crippen LogP contribution in [-0.4, -0.2) is 52.2 Å². The van der Waals surface area contributed by atoms with E-state index < -0.39 is 5.91 Å². The van der Waals surface area contributed by atoms with E-state index in [1.807, 2.05) is 6.07 Å². The van der Waals surface area contributed by atoms with Gasteiger partial charge in [0.05, 0.1) is 5.56 Å². The molecule has 2 saturated heterocycles. The zero-order valence-electron chi connectivity index (χ0n) is 18.4. The SMILES string of the molecule is Cl.O=C(NO)c1cnc(N2CCC3(CC2)CN(Cc2ccc(-c4ccccc4)cc2)C3)nc1. The summed E-state index contributed by atoms with van der Waals surface area (Å²) >= 11 is 0. The molecule has 0 bridgehead atoms. The van der Waals surface area contributed by atoms with E-state index in [1.54, 1.807) is 5.48 Å². The third-order valence-electron chi connectivity index (χ3n) is 6.69. The van der Waals surface area contributed by atoms with Crippen LogP contribution >= 0.6 is 12.4 Å². The van der Waals surface area contributed by atoms with Crippen molar-refractivity contribution >= 4 is 24.3 Å². The molecule has 2 aliphatic heterocycles. The van der Waals surface area contributed by atoms with E-state index >= 15 is 0 Å². The number of nitrogens with one attached hydrogen (secondary N) is 1. The van der Waals surface area contributed by atoms with Gasteiger partial charge in [-0.25, -0.2) is 15.4 Å². The zero-order chi connectivity index (χ0) is 22.0. The molecule has 3 aromatic rings. The molecule has 7 nitrogen and oxygen atoms in total. The van der Waals surface area contributed by atoms with Crippen LogP contribution in [0.5, 0.6) is 0 Å². The van der Waals surface area contributed by atoms with Gasteiger partial charge < -0.3 is 4.90 Å². The monoisotopic (exact) mass is 465 g/mol. The summed E-state index contributed by atoms with van der Waals surface area (Å²) in [5.74, 6) is 0.0439. The topological polar surface area (TPSA) is 81.6 Å². The summed E-state index contributed by atoms with van der Waals surface area (Å²) < 4.78 is 0. The molecule has 1 amide bonds. The number of halogens is 1. The van der Waals surface area contributed by atoms with Crippen molar-refractivity contribution in [1.29, 1.82) is 0 Å². The number of rotatable bonds is 5. The fourth-order valence-corrected chi connectivity index (χ4v) is 4.87. The molecule has 2 N–H and O–H groups in total. The van der Waals surface area contributed by atoms with Crippen LogP contribution in [0.3, 0.4) is 0 Å². The van der Waals surface area contributed by atoms with Gasteiger partial charge in [0.15, 0.2) is 0 Å². The molecular formula is C25H28ClN5O2. The van der Waals surface area contributed by atoms with Gasteiger partial charge in [0, 0.05) is 45.1 Å². The van der Waals surface area contributed by atoms with Gasteiger partial charge in [-0.3, -0.25) is 14.9 Å². The van der Waals surface area contributed by atoms with Crippen molar-refractivity contribution in [2.45, 2.75) is 19.4 Å². The van der Waals surface area contributed by atoms with Crippen LogP contribution in [0, 0.1) is 5.41 Å². The maximum absolute atomic E-state index is 11.4. The second kappa shape index (κ2) is 9.87. The van der Waals surface area contributed by atoms with E-state index in [0.717, 1.165) is 45.6 Å². The van der Waals surface area contributed by atoms with Gasteiger partial charge in [-0.15, -0.1) is 12.4 Å². The average molecular weight is 466 g/mol. The summed E-state index contributed by atoms with van der Waals surface area (Å²) in [4.78, 5) is 24.7. The Morgan fingerprint density at radius 3 is 2.15 bits per heavy atom. The van der Waals surface area contributed by atoms with Crippen molar-refractivity contribution in [2.24, 2.45) is 5.41 Å². The fraction of sp³-hybridized carbons (Fsp3) is 0.320. The Labute approximate surface area is 199 Å². The lowest BCUT2D eigenvalue weighted by atomic mass is 9.72. The van der Waals surface area contributed by atoms with E-state index in [2.05, 4.69) is 68.3 Å². The molecule has 0 aliphatic carbocycles. The van der Waals surface area contributed by atoms with Gasteiger partial charge in [0.25, 0.3) is 5.91 Å². The highest BCUT2D eigenvalue weighted by Gasteiger charge is 2.44. The van der Waals surface area contributed by atoms with Gasteiger partial charge in [-0.05, 0) is 34.9 Å². The number of carbonyl (C=O) groups is 1. The minimum atomic E-state index is -0.599. The summed E-state index contributed by atoms with van der Waals surface area (Å²) in [6, 6.07) is 19.4. The second-order valence-electron chi connectivity index (χ2n) is 8.91. The Morgan fingerprint density at radius 2 is 1.55 bits per heavy atom. The first-order chi connectivity index (χ1) is 15.6. The molecule has 0 unspecified atom stereocenters. The fourth-order valence-electron chi connectivity index (χ4n) is 4.87. The van der Waals surface area contributed by atoms with Gasteiger partial charge in [0.1, 0.15) is 0 Å². The normalized spacial score (nSPS) is 17.2. The number of aromatic nitrogens is 2. The number of piperidine rings is 1. The van der Waals surface area contributed by atoms with Crippen molar-refractivity contribution in [3.05, 3.63) is 78.1 Å². The summed E-state index contributed by atoms with van der Waals surface area (Å²) in [6.07, 6.45) is 5.15. The maximum atomic E-state index is 11.4. The smallest absolute Gasteiger partial charge is 0.277 e. The lowest BCUT2D eigenvalue weighted by Gasteiger charge is -2.54. The molecule has 2 fully saturated rings. The number of anilines is 1. The predicted octanol–water partition coefficient (Wildman–Crippen LogP) is 3.79. The number of hydroxylamine groups is 1. The van der Waals surface area contributed by atoms with Crippen LogP contribution in [0.4, 0.5) is 5.95 Å². The van der Waals surface area contributed by atoms with Gasteiger partial charge in [0.2, 0.25) is 5.95 Å². The lowest BCUT2D eigenvalue weighted by molar-refractivity contribution is -0.0241. The number of likely N-dealkylation sites (tertiary alicyclic amines) is 1. The van der Waals surface area contributed by atoms with Crippen molar-refractivity contribution in [3.63, 3.8) is 0 Å². The van der Waals surface area contributed by atoms with Gasteiger partial charge in [-0.2, -0.15) is 0 Å². The second-order valence-corrected chi connectivity index (χ2v) is 8.91. The van der Waals surface area contributed by atoms with Crippen molar-refractivity contribution in [3.8, 4) is 11.1 Å². The highest BCUT2D eigenvalue weighted by Crippen LogP contribution is 2.41. The molecule has 0 radical (unpaired) electrons. The minimum Gasteiger partial charge on any atom is -0.341 e. The van der Waals surface area contributed by atoms with Crippen molar-refractivity contribution < 1.29 is 10.0 Å². The standard InChI is InChI=1S/C25H27N5O2.ClH/c31-23(28-32)22-14-26-24(27-15-22)30-12-10-25(11-13-30)17-29(18-25)16-19-6-8-21(9-7-19)20-4-2-1-3-5-20;/h1-9,14-15,32H,10-13,16-18H2,(H,28,31);1H. The van der Waals surface area contributed by atoms with Gasteiger partial charge >= 0.3 is 0 Å². The Hall–Kier alpha value is -3.00. The largest absolute Gasteiger partial charge is 0.341 e. The number of benzene rings is 2. The van der Waals surface area contributed by atoms with E-state index in [1.165, 1.54) is 29.1 Å². The Bertz CT molecular complexity index is 1060. The molecule has 3 heterocycles. The quantitative estimate of drug-likeness (QED) is 0.440. The zero-order valence-corrected chi connectivity index (χ0v) is 19.2. The van der Waals surface area contributed by atoms with Crippen molar-refractivity contribution in [1.82, 2.24) is 20.3 Å². The molecule has 8 heteroatoms. The highest BCUT2D eigenvalue weighted by atomic mass is 35.5. The Morgan fingerprint density at radius 1 is 0.939 bits per heavy atom. The lowest BCUT2D eigenvalue weighted by Crippen LogP contribution is -2.59. The molecule has 33 heavy (non-hydrogen) atoms. The summed E-state index contributed by atoms with van der Waals surface area (Å²) in [5, 5.41) is 8.70. The Balaban J connectivity index is 0.00000259. The van der Waals surface area contributed by atoms with Gasteiger partial charge in [-0.1, -0.05) is 54.6 Å². The first-order valence-electron chi connectivity index (χ1n) is 11.0. The average Bonchev–Trinajstić information content (AvgIpc) is 2.84. The molecule has 1 aromatic heterocycles. The van der Waals surface area contributed by atoms with E-state index in [9.17, 15) is 4.79 Å². The summed E-state index contributed by atoms with van der Waals surface area (Å²) in [6.45, 7) is 5.11. The third-order valence-corrected chi connectivity index (χ3v) is 6.69.